The minimum absolute atomic E-state index is 0.101. The highest BCUT2D eigenvalue weighted by Gasteiger charge is 2.24. The predicted molar refractivity (Wildman–Crippen MR) is 55.7 cm³/mol. The van der Waals surface area contributed by atoms with Gasteiger partial charge in [-0.2, -0.15) is 0 Å². The van der Waals surface area contributed by atoms with Gasteiger partial charge in [-0.15, -0.1) is 0 Å². The summed E-state index contributed by atoms with van der Waals surface area (Å²) in [6.07, 6.45) is 2.08. The largest absolute Gasteiger partial charge is 0.378 e. The van der Waals surface area contributed by atoms with Crippen LogP contribution in [0.2, 0.25) is 0 Å². The van der Waals surface area contributed by atoms with Crippen molar-refractivity contribution in [3.05, 3.63) is 0 Å². The molecular weight excluding hydrogens is 202 g/mol. The van der Waals surface area contributed by atoms with Gasteiger partial charge >= 0.3 is 0 Å². The lowest BCUT2D eigenvalue weighted by Crippen LogP contribution is -2.32. The van der Waals surface area contributed by atoms with Crippen LogP contribution in [0, 0.1) is 0 Å². The number of sulfonamides is 1. The summed E-state index contributed by atoms with van der Waals surface area (Å²) in [6.45, 7) is 5.48. The van der Waals surface area contributed by atoms with Crippen molar-refractivity contribution in [2.75, 3.05) is 25.4 Å². The monoisotopic (exact) mass is 221 g/mol. The van der Waals surface area contributed by atoms with Crippen molar-refractivity contribution in [3.63, 3.8) is 0 Å². The van der Waals surface area contributed by atoms with E-state index in [0.717, 1.165) is 12.8 Å². The van der Waals surface area contributed by atoms with Crippen molar-refractivity contribution in [2.45, 2.75) is 32.8 Å². The Hall–Kier alpha value is -0.130. The molecule has 84 valence electrons. The molecule has 1 saturated heterocycles. The average molecular weight is 221 g/mol. The van der Waals surface area contributed by atoms with Crippen LogP contribution in [0.5, 0.6) is 0 Å². The topological polar surface area (TPSA) is 46.6 Å². The van der Waals surface area contributed by atoms with E-state index in [1.54, 1.807) is 4.31 Å². The van der Waals surface area contributed by atoms with Crippen LogP contribution in [0.4, 0.5) is 0 Å². The fourth-order valence-electron chi connectivity index (χ4n) is 1.48. The van der Waals surface area contributed by atoms with E-state index in [1.807, 2.05) is 13.8 Å². The molecule has 0 saturated carbocycles. The highest BCUT2D eigenvalue weighted by atomic mass is 32.2. The summed E-state index contributed by atoms with van der Waals surface area (Å²) in [7, 11) is -3.05. The predicted octanol–water partition coefficient (Wildman–Crippen LogP) is 0.837. The van der Waals surface area contributed by atoms with Gasteiger partial charge in [0.25, 0.3) is 0 Å². The molecular formula is C9H19NO3S. The molecule has 0 aliphatic carbocycles. The summed E-state index contributed by atoms with van der Waals surface area (Å²) in [4.78, 5) is 0. The molecule has 0 aromatic heterocycles. The Labute approximate surface area is 86.3 Å². The summed E-state index contributed by atoms with van der Waals surface area (Å²) in [5.41, 5.74) is 0. The second-order valence-corrected chi connectivity index (χ2v) is 5.93. The lowest BCUT2D eigenvalue weighted by atomic mass is 10.4. The number of hydrogen-bond donors (Lipinski definition) is 0. The standard InChI is InChI=1S/C9H19NO3S/c1-9(2)13-7-8-14(11,12)10-5-3-4-6-10/h9H,3-8H2,1-2H3. The van der Waals surface area contributed by atoms with Crippen molar-refractivity contribution in [3.8, 4) is 0 Å². The fraction of sp³-hybridized carbons (Fsp3) is 1.00. The highest BCUT2D eigenvalue weighted by molar-refractivity contribution is 7.89. The molecule has 5 heteroatoms. The maximum Gasteiger partial charge on any atom is 0.216 e. The molecule has 1 heterocycles. The Kier molecular flexibility index (Phi) is 4.34. The van der Waals surface area contributed by atoms with Crippen molar-refractivity contribution >= 4 is 10.0 Å². The first-order chi connectivity index (χ1) is 6.52. The third-order valence-electron chi connectivity index (χ3n) is 2.25. The zero-order valence-corrected chi connectivity index (χ0v) is 9.72. The number of rotatable bonds is 5. The van der Waals surface area contributed by atoms with Crippen LogP contribution in [0.15, 0.2) is 0 Å². The van der Waals surface area contributed by atoms with Gasteiger partial charge in [0.2, 0.25) is 10.0 Å². The highest BCUT2D eigenvalue weighted by Crippen LogP contribution is 2.12. The maximum atomic E-state index is 11.7. The van der Waals surface area contributed by atoms with E-state index in [-0.39, 0.29) is 11.9 Å². The minimum Gasteiger partial charge on any atom is -0.378 e. The van der Waals surface area contributed by atoms with E-state index >= 15 is 0 Å². The van der Waals surface area contributed by atoms with Crippen molar-refractivity contribution in [1.82, 2.24) is 4.31 Å². The molecule has 1 rings (SSSR count). The molecule has 0 aromatic carbocycles. The van der Waals surface area contributed by atoms with Gasteiger partial charge in [0.15, 0.2) is 0 Å². The maximum absolute atomic E-state index is 11.7. The van der Waals surface area contributed by atoms with Gasteiger partial charge in [-0.25, -0.2) is 12.7 Å². The Morgan fingerprint density at radius 2 is 1.86 bits per heavy atom. The molecule has 0 unspecified atom stereocenters. The molecule has 0 amide bonds. The van der Waals surface area contributed by atoms with Crippen molar-refractivity contribution in [2.24, 2.45) is 0 Å². The van der Waals surface area contributed by atoms with Crippen LogP contribution in [-0.4, -0.2) is 44.3 Å². The third kappa shape index (κ3) is 3.55. The molecule has 14 heavy (non-hydrogen) atoms. The number of hydrogen-bond acceptors (Lipinski definition) is 3. The molecule has 1 fully saturated rings. The summed E-state index contributed by atoms with van der Waals surface area (Å²) < 4.78 is 30.1. The van der Waals surface area contributed by atoms with E-state index in [2.05, 4.69) is 0 Å². The second-order valence-electron chi connectivity index (χ2n) is 3.84. The molecule has 1 aliphatic heterocycles. The zero-order chi connectivity index (χ0) is 10.6. The van der Waals surface area contributed by atoms with Crippen molar-refractivity contribution in [1.29, 1.82) is 0 Å². The van der Waals surface area contributed by atoms with Gasteiger partial charge in [-0.3, -0.25) is 0 Å². The van der Waals surface area contributed by atoms with E-state index in [0.29, 0.717) is 19.7 Å². The molecule has 1 aliphatic rings. The van der Waals surface area contributed by atoms with Gasteiger partial charge in [0.1, 0.15) is 0 Å². The molecule has 0 spiro atoms. The van der Waals surface area contributed by atoms with E-state index in [1.165, 1.54) is 0 Å². The molecule has 0 radical (unpaired) electrons. The molecule has 0 N–H and O–H groups in total. The van der Waals surface area contributed by atoms with Crippen LogP contribution >= 0.6 is 0 Å². The van der Waals surface area contributed by atoms with Crippen LogP contribution in [0.25, 0.3) is 0 Å². The minimum atomic E-state index is -3.05. The van der Waals surface area contributed by atoms with Crippen molar-refractivity contribution < 1.29 is 13.2 Å². The first-order valence-corrected chi connectivity index (χ1v) is 6.73. The van der Waals surface area contributed by atoms with Crippen LogP contribution in [0.1, 0.15) is 26.7 Å². The number of ether oxygens (including phenoxy) is 1. The van der Waals surface area contributed by atoms with Gasteiger partial charge in [-0.1, -0.05) is 0 Å². The van der Waals surface area contributed by atoms with Crippen LogP contribution in [-0.2, 0) is 14.8 Å². The van der Waals surface area contributed by atoms with E-state index in [4.69, 9.17) is 4.74 Å². The fourth-order valence-corrected chi connectivity index (χ4v) is 2.86. The number of nitrogens with zero attached hydrogens (tertiary/aromatic N) is 1. The molecule has 0 aromatic rings. The van der Waals surface area contributed by atoms with E-state index < -0.39 is 10.0 Å². The lowest BCUT2D eigenvalue weighted by Gasteiger charge is -2.15. The van der Waals surface area contributed by atoms with E-state index in [9.17, 15) is 8.42 Å². The van der Waals surface area contributed by atoms with Gasteiger partial charge < -0.3 is 4.74 Å². The first-order valence-electron chi connectivity index (χ1n) is 5.12. The Balaban J connectivity index is 2.34. The Morgan fingerprint density at radius 3 is 2.36 bits per heavy atom. The quantitative estimate of drug-likeness (QED) is 0.691. The molecule has 4 nitrogen and oxygen atoms in total. The Bertz CT molecular complexity index is 255. The van der Waals surface area contributed by atoms with Crippen LogP contribution in [0.3, 0.4) is 0 Å². The summed E-state index contributed by atoms with van der Waals surface area (Å²) in [6, 6.07) is 0. The second kappa shape index (κ2) is 5.09. The van der Waals surface area contributed by atoms with Crippen LogP contribution < -0.4 is 0 Å². The summed E-state index contributed by atoms with van der Waals surface area (Å²) in [5, 5.41) is 0. The normalized spacial score (nSPS) is 19.4. The molecule has 0 bridgehead atoms. The smallest absolute Gasteiger partial charge is 0.216 e. The first kappa shape index (κ1) is 11.9. The summed E-state index contributed by atoms with van der Waals surface area (Å²) in [5.74, 6) is 0.116. The Morgan fingerprint density at radius 1 is 1.29 bits per heavy atom. The van der Waals surface area contributed by atoms with Gasteiger partial charge in [0, 0.05) is 13.1 Å². The zero-order valence-electron chi connectivity index (χ0n) is 8.90. The third-order valence-corrected chi connectivity index (χ3v) is 4.09. The summed E-state index contributed by atoms with van der Waals surface area (Å²) >= 11 is 0. The SMILES string of the molecule is CC(C)OCCS(=O)(=O)N1CCCC1. The molecule has 0 atom stereocenters. The average Bonchev–Trinajstić information content (AvgIpc) is 2.54. The van der Waals surface area contributed by atoms with Gasteiger partial charge in [-0.05, 0) is 26.7 Å². The van der Waals surface area contributed by atoms with Gasteiger partial charge in [0.05, 0.1) is 18.5 Å². The lowest BCUT2D eigenvalue weighted by molar-refractivity contribution is 0.0908.